The summed E-state index contributed by atoms with van der Waals surface area (Å²) in [7, 11) is 0. The van der Waals surface area contributed by atoms with Crippen LogP contribution in [0, 0.1) is 0 Å². The molecule has 0 unspecified atom stereocenters. The zero-order valence-electron chi connectivity index (χ0n) is 14.8. The fourth-order valence-corrected chi connectivity index (χ4v) is 3.02. The molecule has 1 aromatic carbocycles. The number of ether oxygens (including phenoxy) is 2. The molecule has 0 heterocycles. The topological polar surface area (TPSA) is 42.5 Å². The molecule has 11 heteroatoms. The minimum absolute atomic E-state index is 0.158. The van der Waals surface area contributed by atoms with Gasteiger partial charge in [-0.15, -0.1) is 0 Å². The molecule has 0 aliphatic heterocycles. The second-order valence-corrected chi connectivity index (χ2v) is 6.84. The molecule has 158 valence electrons. The van der Waals surface area contributed by atoms with Gasteiger partial charge in [0.25, 0.3) is 0 Å². The van der Waals surface area contributed by atoms with Crippen molar-refractivity contribution in [2.24, 2.45) is 0 Å². The van der Waals surface area contributed by atoms with Gasteiger partial charge in [-0.2, -0.15) is 26.3 Å². The van der Waals surface area contributed by atoms with E-state index in [0.29, 0.717) is 0 Å². The molecule has 1 aromatic rings. The smallest absolute Gasteiger partial charge is 0.422 e. The minimum atomic E-state index is -4.59. The number of hydrogen-bond acceptors (Lipinski definition) is 3. The Morgan fingerprint density at radius 1 is 0.893 bits per heavy atom. The predicted molar refractivity (Wildman–Crippen MR) is 95.8 cm³/mol. The molecule has 0 amide bonds. The first-order valence-electron chi connectivity index (χ1n) is 8.62. The maximum Gasteiger partial charge on any atom is 0.422 e. The molecule has 0 radical (unpaired) electrons. The highest BCUT2D eigenvalue weighted by molar-refractivity contribution is 7.80. The van der Waals surface area contributed by atoms with Crippen LogP contribution in [0.1, 0.15) is 32.1 Å². The third-order valence-electron chi connectivity index (χ3n) is 3.88. The van der Waals surface area contributed by atoms with Crippen LogP contribution in [0.25, 0.3) is 0 Å². The number of hydrogen-bond donors (Lipinski definition) is 2. The van der Waals surface area contributed by atoms with Gasteiger partial charge in [-0.3, -0.25) is 0 Å². The molecule has 1 aliphatic rings. The number of anilines is 1. The normalized spacial score (nSPS) is 15.8. The van der Waals surface area contributed by atoms with Gasteiger partial charge >= 0.3 is 12.4 Å². The second kappa shape index (κ2) is 9.53. The zero-order valence-corrected chi connectivity index (χ0v) is 15.6. The molecule has 0 saturated heterocycles. The molecule has 2 N–H and O–H groups in total. The SMILES string of the molecule is FC(F)(F)COc1cc(NC(=S)NC2CCCCC2)cc(OCC(F)(F)F)c1. The van der Waals surface area contributed by atoms with E-state index < -0.39 is 25.6 Å². The summed E-state index contributed by atoms with van der Waals surface area (Å²) < 4.78 is 83.4. The lowest BCUT2D eigenvalue weighted by molar-refractivity contribution is -0.153. The molecule has 0 atom stereocenters. The molecule has 4 nitrogen and oxygen atoms in total. The van der Waals surface area contributed by atoms with Gasteiger partial charge in [0.05, 0.1) is 0 Å². The van der Waals surface area contributed by atoms with Crippen molar-refractivity contribution in [1.29, 1.82) is 0 Å². The first kappa shape index (κ1) is 22.4. The van der Waals surface area contributed by atoms with Gasteiger partial charge in [0.15, 0.2) is 18.3 Å². The van der Waals surface area contributed by atoms with Crippen molar-refractivity contribution in [3.05, 3.63) is 18.2 Å². The lowest BCUT2D eigenvalue weighted by Gasteiger charge is -2.24. The highest BCUT2D eigenvalue weighted by Crippen LogP contribution is 2.29. The zero-order chi connectivity index (χ0) is 20.8. The number of halogens is 6. The third kappa shape index (κ3) is 8.85. The summed E-state index contributed by atoms with van der Waals surface area (Å²) in [5.41, 5.74) is 0.158. The Balaban J connectivity index is 2.07. The first-order valence-corrected chi connectivity index (χ1v) is 9.03. The Hall–Kier alpha value is -1.91. The molecule has 1 saturated carbocycles. The Kier molecular flexibility index (Phi) is 7.62. The van der Waals surface area contributed by atoms with Gasteiger partial charge in [0.2, 0.25) is 0 Å². The molecule has 0 spiro atoms. The van der Waals surface area contributed by atoms with Crippen LogP contribution in [0.15, 0.2) is 18.2 Å². The van der Waals surface area contributed by atoms with Crippen molar-refractivity contribution in [3.63, 3.8) is 0 Å². The Labute approximate surface area is 163 Å². The number of alkyl halides is 6. The second-order valence-electron chi connectivity index (χ2n) is 6.43. The Bertz CT molecular complexity index is 624. The molecule has 1 aliphatic carbocycles. The van der Waals surface area contributed by atoms with Gasteiger partial charge in [-0.05, 0) is 25.1 Å². The highest BCUT2D eigenvalue weighted by atomic mass is 32.1. The molecule has 1 fully saturated rings. The van der Waals surface area contributed by atoms with Gasteiger partial charge in [-0.1, -0.05) is 19.3 Å². The first-order chi connectivity index (χ1) is 13.0. The number of nitrogens with one attached hydrogen (secondary N) is 2. The fourth-order valence-electron chi connectivity index (χ4n) is 2.74. The van der Waals surface area contributed by atoms with Crippen LogP contribution >= 0.6 is 12.2 Å². The van der Waals surface area contributed by atoms with Crippen LogP contribution in [0.3, 0.4) is 0 Å². The molecule has 0 bridgehead atoms. The van der Waals surface area contributed by atoms with Crippen LogP contribution in [0.2, 0.25) is 0 Å². The number of thiocarbonyl (C=S) groups is 1. The van der Waals surface area contributed by atoms with E-state index in [1.165, 1.54) is 12.1 Å². The van der Waals surface area contributed by atoms with Crippen molar-refractivity contribution in [2.45, 2.75) is 50.5 Å². The number of benzene rings is 1. The Morgan fingerprint density at radius 3 is 1.86 bits per heavy atom. The van der Waals surface area contributed by atoms with E-state index in [1.54, 1.807) is 0 Å². The summed E-state index contributed by atoms with van der Waals surface area (Å²) >= 11 is 5.19. The van der Waals surface area contributed by atoms with E-state index in [1.807, 2.05) is 0 Å². The van der Waals surface area contributed by atoms with Crippen molar-refractivity contribution >= 4 is 23.0 Å². The van der Waals surface area contributed by atoms with E-state index in [9.17, 15) is 26.3 Å². The predicted octanol–water partition coefficient (Wildman–Crippen LogP) is 5.19. The minimum Gasteiger partial charge on any atom is -0.484 e. The summed E-state index contributed by atoms with van der Waals surface area (Å²) in [5, 5.41) is 6.08. The van der Waals surface area contributed by atoms with Gasteiger partial charge in [0.1, 0.15) is 11.5 Å². The fraction of sp³-hybridized carbons (Fsp3) is 0.588. The highest BCUT2D eigenvalue weighted by Gasteiger charge is 2.30. The van der Waals surface area contributed by atoms with Crippen molar-refractivity contribution in [1.82, 2.24) is 5.32 Å². The van der Waals surface area contributed by atoms with Gasteiger partial charge in [0, 0.05) is 29.9 Å². The largest absolute Gasteiger partial charge is 0.484 e. The summed E-state index contributed by atoms with van der Waals surface area (Å²) in [6, 6.07) is 3.56. The van der Waals surface area contributed by atoms with Crippen LogP contribution in [0.4, 0.5) is 32.0 Å². The van der Waals surface area contributed by atoms with Crippen LogP contribution < -0.4 is 20.1 Å². The summed E-state index contributed by atoms with van der Waals surface area (Å²) in [4.78, 5) is 0. The van der Waals surface area contributed by atoms with E-state index >= 15 is 0 Å². The van der Waals surface area contributed by atoms with E-state index in [4.69, 9.17) is 12.2 Å². The average Bonchev–Trinajstić information content (AvgIpc) is 2.58. The monoisotopic (exact) mass is 430 g/mol. The molecular weight excluding hydrogens is 410 g/mol. The molecule has 0 aromatic heterocycles. The summed E-state index contributed by atoms with van der Waals surface area (Å²) in [6.45, 7) is -3.17. The van der Waals surface area contributed by atoms with E-state index in [-0.39, 0.29) is 28.3 Å². The lowest BCUT2D eigenvalue weighted by Crippen LogP contribution is -2.38. The maximum absolute atomic E-state index is 12.4. The maximum atomic E-state index is 12.4. The lowest BCUT2D eigenvalue weighted by atomic mass is 9.96. The quantitative estimate of drug-likeness (QED) is 0.481. The van der Waals surface area contributed by atoms with Crippen molar-refractivity contribution in [2.75, 3.05) is 18.5 Å². The average molecular weight is 430 g/mol. The van der Waals surface area contributed by atoms with Crippen molar-refractivity contribution < 1.29 is 35.8 Å². The van der Waals surface area contributed by atoms with Gasteiger partial charge in [-0.25, -0.2) is 0 Å². The summed E-state index contributed by atoms with van der Waals surface area (Å²) in [5.74, 6) is -0.583. The molecular formula is C17H20F6N2O2S. The van der Waals surface area contributed by atoms with E-state index in [2.05, 4.69) is 20.1 Å². The van der Waals surface area contributed by atoms with Crippen LogP contribution in [0.5, 0.6) is 11.5 Å². The third-order valence-corrected chi connectivity index (χ3v) is 4.10. The van der Waals surface area contributed by atoms with Crippen LogP contribution in [-0.4, -0.2) is 36.7 Å². The summed E-state index contributed by atoms with van der Waals surface area (Å²) in [6.07, 6.45) is -4.01. The molecule has 28 heavy (non-hydrogen) atoms. The standard InChI is InChI=1S/C17H20F6N2O2S/c18-16(19,20)9-26-13-6-12(7-14(8-13)27-10-17(21,22)23)25-15(28)24-11-4-2-1-3-5-11/h6-8,11H,1-5,9-10H2,(H2,24,25,28). The number of rotatable bonds is 6. The Morgan fingerprint density at radius 2 is 1.39 bits per heavy atom. The van der Waals surface area contributed by atoms with Crippen molar-refractivity contribution in [3.8, 4) is 11.5 Å². The molecule has 2 rings (SSSR count). The van der Waals surface area contributed by atoms with E-state index in [0.717, 1.165) is 38.2 Å². The van der Waals surface area contributed by atoms with Crippen LogP contribution in [-0.2, 0) is 0 Å². The van der Waals surface area contributed by atoms with Gasteiger partial charge < -0.3 is 20.1 Å².